The van der Waals surface area contributed by atoms with Crippen LogP contribution < -0.4 is 14.4 Å². The van der Waals surface area contributed by atoms with Gasteiger partial charge >= 0.3 is 0 Å². The highest BCUT2D eigenvalue weighted by Gasteiger charge is 2.32. The van der Waals surface area contributed by atoms with Crippen molar-refractivity contribution >= 4 is 32.5 Å². The standard InChI is InChI=1S/C25H32N6O5S/c1-2-15-37(33,34)29-24(32)22-23(30-11-13-35-14-12-30)20-16-26-8-7-21(20)28-25(22)36-19-5-3-18(4-6-19)31-10-9-27-17-31/h7-10,16-19H,2-6,11-15H2,1H3,(H,29,32). The first-order valence-electron chi connectivity index (χ1n) is 12.7. The number of carbonyl (C=O) groups is 1. The lowest BCUT2D eigenvalue weighted by atomic mass is 9.93. The molecule has 2 fully saturated rings. The maximum Gasteiger partial charge on any atom is 0.272 e. The van der Waals surface area contributed by atoms with Gasteiger partial charge in [0.2, 0.25) is 15.9 Å². The van der Waals surface area contributed by atoms with E-state index in [9.17, 15) is 13.2 Å². The molecule has 37 heavy (non-hydrogen) atoms. The Balaban J connectivity index is 1.52. The monoisotopic (exact) mass is 528 g/mol. The molecule has 0 atom stereocenters. The molecule has 5 rings (SSSR count). The van der Waals surface area contributed by atoms with Gasteiger partial charge in [0.05, 0.1) is 36.5 Å². The number of ether oxygens (including phenoxy) is 2. The van der Waals surface area contributed by atoms with Crippen molar-refractivity contribution < 1.29 is 22.7 Å². The van der Waals surface area contributed by atoms with Gasteiger partial charge in [-0.25, -0.2) is 23.1 Å². The van der Waals surface area contributed by atoms with E-state index in [1.54, 1.807) is 31.6 Å². The smallest absolute Gasteiger partial charge is 0.272 e. The summed E-state index contributed by atoms with van der Waals surface area (Å²) in [5, 5.41) is 0.665. The van der Waals surface area contributed by atoms with E-state index in [1.807, 2.05) is 17.4 Å². The van der Waals surface area contributed by atoms with Crippen LogP contribution in [0.2, 0.25) is 0 Å². The maximum atomic E-state index is 13.6. The SMILES string of the molecule is CCCS(=O)(=O)NC(=O)c1c(OC2CCC(n3ccnc3)CC2)nc2ccncc2c1N1CCOCC1. The lowest BCUT2D eigenvalue weighted by molar-refractivity contribution is 0.0958. The van der Waals surface area contributed by atoms with E-state index in [0.717, 1.165) is 25.7 Å². The number of morpholine rings is 1. The number of anilines is 1. The number of nitrogens with one attached hydrogen (secondary N) is 1. The van der Waals surface area contributed by atoms with Crippen molar-refractivity contribution in [2.24, 2.45) is 0 Å². The van der Waals surface area contributed by atoms with E-state index in [-0.39, 0.29) is 23.3 Å². The lowest BCUT2D eigenvalue weighted by Gasteiger charge is -2.33. The predicted octanol–water partition coefficient (Wildman–Crippen LogP) is 2.70. The van der Waals surface area contributed by atoms with Gasteiger partial charge in [0, 0.05) is 49.3 Å². The number of aromatic nitrogens is 4. The summed E-state index contributed by atoms with van der Waals surface area (Å²) in [6, 6.07) is 2.13. The van der Waals surface area contributed by atoms with Gasteiger partial charge in [0.15, 0.2) is 0 Å². The summed E-state index contributed by atoms with van der Waals surface area (Å²) in [7, 11) is -3.81. The van der Waals surface area contributed by atoms with Gasteiger partial charge in [-0.1, -0.05) is 6.92 Å². The third-order valence-corrected chi connectivity index (χ3v) is 8.31. The number of imidazole rings is 1. The highest BCUT2D eigenvalue weighted by atomic mass is 32.2. The maximum absolute atomic E-state index is 13.6. The van der Waals surface area contributed by atoms with Crippen molar-refractivity contribution in [2.45, 2.75) is 51.2 Å². The molecule has 0 spiro atoms. The lowest BCUT2D eigenvalue weighted by Crippen LogP contribution is -2.39. The highest BCUT2D eigenvalue weighted by Crippen LogP contribution is 2.38. The van der Waals surface area contributed by atoms with Crippen LogP contribution in [0.1, 0.15) is 55.4 Å². The predicted molar refractivity (Wildman–Crippen MR) is 138 cm³/mol. The van der Waals surface area contributed by atoms with Crippen LogP contribution in [0, 0.1) is 0 Å². The van der Waals surface area contributed by atoms with Crippen LogP contribution in [0.25, 0.3) is 10.9 Å². The van der Waals surface area contributed by atoms with Crippen LogP contribution >= 0.6 is 0 Å². The molecule has 198 valence electrons. The second kappa shape index (κ2) is 11.0. The molecule has 0 unspecified atom stereocenters. The Kier molecular flexibility index (Phi) is 7.56. The minimum atomic E-state index is -3.81. The minimum absolute atomic E-state index is 0.124. The zero-order valence-corrected chi connectivity index (χ0v) is 21.7. The van der Waals surface area contributed by atoms with Crippen molar-refractivity contribution in [3.8, 4) is 5.88 Å². The van der Waals surface area contributed by atoms with E-state index in [1.165, 1.54) is 0 Å². The molecule has 0 radical (unpaired) electrons. The van der Waals surface area contributed by atoms with Crippen molar-refractivity contribution in [3.63, 3.8) is 0 Å². The molecule has 1 saturated carbocycles. The number of fused-ring (bicyclic) bond motifs is 1. The Hall–Kier alpha value is -3.25. The van der Waals surface area contributed by atoms with Gasteiger partial charge in [-0.2, -0.15) is 0 Å². The summed E-state index contributed by atoms with van der Waals surface area (Å²) in [4.78, 5) is 28.7. The van der Waals surface area contributed by atoms with Crippen LogP contribution in [0.15, 0.2) is 37.2 Å². The van der Waals surface area contributed by atoms with Crippen molar-refractivity contribution in [2.75, 3.05) is 37.0 Å². The zero-order chi connectivity index (χ0) is 25.8. The molecule has 3 aromatic heterocycles. The largest absolute Gasteiger partial charge is 0.474 e. The molecule has 3 aromatic rings. The summed E-state index contributed by atoms with van der Waals surface area (Å²) in [5.41, 5.74) is 1.33. The van der Waals surface area contributed by atoms with E-state index in [0.29, 0.717) is 55.4 Å². The Morgan fingerprint density at radius 1 is 1.16 bits per heavy atom. The van der Waals surface area contributed by atoms with E-state index in [4.69, 9.17) is 14.5 Å². The van der Waals surface area contributed by atoms with Crippen molar-refractivity contribution in [1.29, 1.82) is 0 Å². The van der Waals surface area contributed by atoms with Gasteiger partial charge in [0.1, 0.15) is 11.7 Å². The van der Waals surface area contributed by atoms with E-state index in [2.05, 4.69) is 19.3 Å². The zero-order valence-electron chi connectivity index (χ0n) is 20.9. The number of hydrogen-bond acceptors (Lipinski definition) is 9. The fourth-order valence-corrected chi connectivity index (χ4v) is 6.11. The molecule has 11 nitrogen and oxygen atoms in total. The number of hydrogen-bond donors (Lipinski definition) is 1. The highest BCUT2D eigenvalue weighted by molar-refractivity contribution is 7.90. The molecule has 0 aromatic carbocycles. The number of rotatable bonds is 8. The number of nitrogens with zero attached hydrogens (tertiary/aromatic N) is 5. The third-order valence-electron chi connectivity index (χ3n) is 6.87. The molecule has 2 aliphatic rings. The summed E-state index contributed by atoms with van der Waals surface area (Å²) in [6.07, 6.45) is 12.5. The topological polar surface area (TPSA) is 129 Å². The molecule has 1 N–H and O–H groups in total. The molecule has 1 amide bonds. The normalized spacial score (nSPS) is 20.6. The van der Waals surface area contributed by atoms with E-state index >= 15 is 0 Å². The first-order chi connectivity index (χ1) is 17.9. The number of sulfonamides is 1. The fraction of sp³-hybridized carbons (Fsp3) is 0.520. The number of pyridine rings is 2. The van der Waals surface area contributed by atoms with Crippen LogP contribution in [0.3, 0.4) is 0 Å². The minimum Gasteiger partial charge on any atom is -0.474 e. The van der Waals surface area contributed by atoms with Crippen molar-refractivity contribution in [3.05, 3.63) is 42.7 Å². The Morgan fingerprint density at radius 3 is 2.65 bits per heavy atom. The Labute approximate surface area is 216 Å². The quantitative estimate of drug-likeness (QED) is 0.469. The Morgan fingerprint density at radius 2 is 1.95 bits per heavy atom. The summed E-state index contributed by atoms with van der Waals surface area (Å²) in [5.74, 6) is -0.742. The van der Waals surface area contributed by atoms with Crippen LogP contribution in [-0.4, -0.2) is 72.0 Å². The Bertz CT molecular complexity index is 1330. The number of amides is 1. The van der Waals surface area contributed by atoms with Crippen LogP contribution in [0.5, 0.6) is 5.88 Å². The van der Waals surface area contributed by atoms with Gasteiger partial charge in [-0.05, 0) is 38.2 Å². The average Bonchev–Trinajstić information content (AvgIpc) is 3.43. The second-order valence-corrected chi connectivity index (χ2v) is 11.3. The second-order valence-electron chi connectivity index (χ2n) is 9.44. The average molecular weight is 529 g/mol. The van der Waals surface area contributed by atoms with Crippen LogP contribution in [0.4, 0.5) is 5.69 Å². The first kappa shape index (κ1) is 25.4. The van der Waals surface area contributed by atoms with Gasteiger partial charge < -0.3 is 18.9 Å². The van der Waals surface area contributed by atoms with Crippen LogP contribution in [-0.2, 0) is 14.8 Å². The van der Waals surface area contributed by atoms with Gasteiger partial charge in [0.25, 0.3) is 5.91 Å². The molecule has 1 aliphatic carbocycles. The van der Waals surface area contributed by atoms with E-state index < -0.39 is 15.9 Å². The molecular weight excluding hydrogens is 496 g/mol. The summed E-state index contributed by atoms with van der Waals surface area (Å²) < 4.78 is 41.4. The summed E-state index contributed by atoms with van der Waals surface area (Å²) in [6.45, 7) is 3.83. The third kappa shape index (κ3) is 5.69. The molecule has 4 heterocycles. The summed E-state index contributed by atoms with van der Waals surface area (Å²) >= 11 is 0. The first-order valence-corrected chi connectivity index (χ1v) is 14.4. The van der Waals surface area contributed by atoms with Gasteiger partial charge in [-0.15, -0.1) is 0 Å². The molecule has 1 saturated heterocycles. The van der Waals surface area contributed by atoms with Gasteiger partial charge in [-0.3, -0.25) is 9.78 Å². The molecule has 1 aliphatic heterocycles. The fourth-order valence-electron chi connectivity index (χ4n) is 5.09. The number of carbonyl (C=O) groups excluding carboxylic acids is 1. The molecular formula is C25H32N6O5S. The van der Waals surface area contributed by atoms with Crippen molar-refractivity contribution in [1.82, 2.24) is 24.2 Å². The molecule has 12 heteroatoms. The molecule has 0 bridgehead atoms.